The fraction of sp³-hybridized carbons (Fsp3) is 0.292. The number of ether oxygens (including phenoxy) is 1. The molecule has 0 unspecified atom stereocenters. The van der Waals surface area contributed by atoms with E-state index in [1.54, 1.807) is 0 Å². The number of nitrogens with zero attached hydrogens (tertiary/aromatic N) is 1. The second-order valence-corrected chi connectivity index (χ2v) is 8.06. The van der Waals surface area contributed by atoms with Gasteiger partial charge in [0.15, 0.2) is 6.61 Å². The van der Waals surface area contributed by atoms with Crippen LogP contribution in [0.3, 0.4) is 0 Å². The van der Waals surface area contributed by atoms with E-state index in [1.165, 1.54) is 12.8 Å². The fourth-order valence-electron chi connectivity index (χ4n) is 3.75. The maximum atomic E-state index is 12.4. The highest BCUT2D eigenvalue weighted by Crippen LogP contribution is 2.32. The van der Waals surface area contributed by atoms with Crippen LogP contribution in [0.15, 0.2) is 60.7 Å². The molecule has 0 aliphatic carbocycles. The van der Waals surface area contributed by atoms with Gasteiger partial charge in [-0.1, -0.05) is 54.9 Å². The summed E-state index contributed by atoms with van der Waals surface area (Å²) in [4.78, 5) is 14.7. The molecule has 3 aromatic rings. The van der Waals surface area contributed by atoms with Crippen molar-refractivity contribution in [2.45, 2.75) is 19.8 Å². The Labute approximate surface area is 176 Å². The van der Waals surface area contributed by atoms with Gasteiger partial charge in [0.05, 0.1) is 10.7 Å². The second-order valence-electron chi connectivity index (χ2n) is 7.65. The van der Waals surface area contributed by atoms with Crippen LogP contribution < -0.4 is 15.0 Å². The van der Waals surface area contributed by atoms with Gasteiger partial charge in [-0.2, -0.15) is 0 Å². The van der Waals surface area contributed by atoms with Gasteiger partial charge in [0.2, 0.25) is 0 Å². The van der Waals surface area contributed by atoms with E-state index in [4.69, 9.17) is 16.3 Å². The maximum absolute atomic E-state index is 12.4. The predicted octanol–water partition coefficient (Wildman–Crippen LogP) is 5.75. The van der Waals surface area contributed by atoms with E-state index in [9.17, 15) is 4.79 Å². The first kappa shape index (κ1) is 19.6. The average molecular weight is 409 g/mol. The first-order valence-electron chi connectivity index (χ1n) is 10.0. The lowest BCUT2D eigenvalue weighted by Gasteiger charge is -2.32. The largest absolute Gasteiger partial charge is 0.483 e. The van der Waals surface area contributed by atoms with Crippen molar-refractivity contribution in [2.24, 2.45) is 5.92 Å². The van der Waals surface area contributed by atoms with Gasteiger partial charge in [-0.25, -0.2) is 0 Å². The highest BCUT2D eigenvalue weighted by Gasteiger charge is 2.18. The third-order valence-corrected chi connectivity index (χ3v) is 5.77. The summed E-state index contributed by atoms with van der Waals surface area (Å²) in [7, 11) is 0. The van der Waals surface area contributed by atoms with Gasteiger partial charge in [-0.3, -0.25) is 4.79 Å². The molecule has 1 saturated heterocycles. The lowest BCUT2D eigenvalue weighted by Crippen LogP contribution is -2.32. The minimum atomic E-state index is -0.214. The molecule has 0 radical (unpaired) electrons. The Balaban J connectivity index is 1.37. The molecule has 0 saturated carbocycles. The molecule has 1 amide bonds. The predicted molar refractivity (Wildman–Crippen MR) is 120 cm³/mol. The Kier molecular flexibility index (Phi) is 5.91. The zero-order chi connectivity index (χ0) is 20.2. The number of halogens is 1. The zero-order valence-electron chi connectivity index (χ0n) is 16.5. The van der Waals surface area contributed by atoms with E-state index in [1.807, 2.05) is 60.7 Å². The summed E-state index contributed by atoms with van der Waals surface area (Å²) in [6.45, 7) is 4.27. The monoisotopic (exact) mass is 408 g/mol. The van der Waals surface area contributed by atoms with Crippen molar-refractivity contribution < 1.29 is 9.53 Å². The summed E-state index contributed by atoms with van der Waals surface area (Å²) in [5, 5.41) is 5.61. The number of carbonyl (C=O) groups is 1. The van der Waals surface area contributed by atoms with E-state index < -0.39 is 0 Å². The Bertz CT molecular complexity index is 1010. The Hall–Kier alpha value is -2.72. The SMILES string of the molecule is CC1CCN(c2ccc(NC(=O)COc3cccc4ccccc34)cc2Cl)CC1. The van der Waals surface area contributed by atoms with Crippen molar-refractivity contribution in [2.75, 3.05) is 29.9 Å². The first-order valence-corrected chi connectivity index (χ1v) is 10.4. The Morgan fingerprint density at radius 1 is 1.10 bits per heavy atom. The molecule has 3 aromatic carbocycles. The van der Waals surface area contributed by atoms with Crippen LogP contribution in [0, 0.1) is 5.92 Å². The van der Waals surface area contributed by atoms with Gasteiger partial charge >= 0.3 is 0 Å². The van der Waals surface area contributed by atoms with Gasteiger partial charge in [0.1, 0.15) is 5.75 Å². The van der Waals surface area contributed by atoms with Crippen LogP contribution in [-0.4, -0.2) is 25.6 Å². The van der Waals surface area contributed by atoms with E-state index in [0.717, 1.165) is 35.5 Å². The number of carbonyl (C=O) groups excluding carboxylic acids is 1. The molecule has 1 heterocycles. The van der Waals surface area contributed by atoms with E-state index >= 15 is 0 Å². The smallest absolute Gasteiger partial charge is 0.262 e. The van der Waals surface area contributed by atoms with Crippen molar-refractivity contribution in [1.29, 1.82) is 0 Å². The molecule has 1 aliphatic rings. The van der Waals surface area contributed by atoms with E-state index in [2.05, 4.69) is 17.1 Å². The van der Waals surface area contributed by atoms with Crippen molar-refractivity contribution in [1.82, 2.24) is 0 Å². The number of benzene rings is 3. The highest BCUT2D eigenvalue weighted by atomic mass is 35.5. The van der Waals surface area contributed by atoms with Gasteiger partial charge in [-0.05, 0) is 48.4 Å². The first-order chi connectivity index (χ1) is 14.1. The maximum Gasteiger partial charge on any atom is 0.262 e. The van der Waals surface area contributed by atoms with Crippen LogP contribution >= 0.6 is 11.6 Å². The molecule has 1 fully saturated rings. The van der Waals surface area contributed by atoms with Crippen LogP contribution in [-0.2, 0) is 4.79 Å². The second kappa shape index (κ2) is 8.75. The number of hydrogen-bond acceptors (Lipinski definition) is 3. The van der Waals surface area contributed by atoms with Crippen LogP contribution in [0.4, 0.5) is 11.4 Å². The van der Waals surface area contributed by atoms with Crippen molar-refractivity contribution in [3.05, 3.63) is 65.7 Å². The summed E-state index contributed by atoms with van der Waals surface area (Å²) in [6.07, 6.45) is 2.36. The quantitative estimate of drug-likeness (QED) is 0.584. The molecule has 29 heavy (non-hydrogen) atoms. The highest BCUT2D eigenvalue weighted by molar-refractivity contribution is 6.33. The summed E-state index contributed by atoms with van der Waals surface area (Å²) in [6, 6.07) is 19.5. The number of piperidine rings is 1. The number of anilines is 2. The topological polar surface area (TPSA) is 41.6 Å². The normalized spacial score (nSPS) is 14.8. The van der Waals surface area contributed by atoms with Crippen molar-refractivity contribution in [3.8, 4) is 5.75 Å². The van der Waals surface area contributed by atoms with Crippen molar-refractivity contribution in [3.63, 3.8) is 0 Å². The summed E-state index contributed by atoms with van der Waals surface area (Å²) in [5.41, 5.74) is 1.71. The minimum Gasteiger partial charge on any atom is -0.483 e. The lowest BCUT2D eigenvalue weighted by molar-refractivity contribution is -0.118. The van der Waals surface area contributed by atoms with Gasteiger partial charge in [-0.15, -0.1) is 0 Å². The van der Waals surface area contributed by atoms with Gasteiger partial charge < -0.3 is 15.0 Å². The molecule has 0 bridgehead atoms. The molecule has 0 spiro atoms. The standard InChI is InChI=1S/C24H25ClN2O2/c1-17-11-13-27(14-12-17)22-10-9-19(15-21(22)25)26-24(28)16-29-23-8-4-6-18-5-2-3-7-20(18)23/h2-10,15,17H,11-14,16H2,1H3,(H,26,28). The third kappa shape index (κ3) is 4.65. The number of nitrogens with one attached hydrogen (secondary N) is 1. The van der Waals surface area contributed by atoms with Crippen LogP contribution in [0.1, 0.15) is 19.8 Å². The number of rotatable bonds is 5. The molecular weight excluding hydrogens is 384 g/mol. The van der Waals surface area contributed by atoms with Gasteiger partial charge in [0, 0.05) is 24.2 Å². The molecule has 1 N–H and O–H groups in total. The average Bonchev–Trinajstić information content (AvgIpc) is 2.73. The summed E-state index contributed by atoms with van der Waals surface area (Å²) >= 11 is 6.50. The molecule has 4 rings (SSSR count). The lowest BCUT2D eigenvalue weighted by atomic mass is 9.99. The van der Waals surface area contributed by atoms with E-state index in [-0.39, 0.29) is 12.5 Å². The molecule has 0 aromatic heterocycles. The van der Waals surface area contributed by atoms with Gasteiger partial charge in [0.25, 0.3) is 5.91 Å². The number of hydrogen-bond donors (Lipinski definition) is 1. The number of fused-ring (bicyclic) bond motifs is 1. The summed E-state index contributed by atoms with van der Waals surface area (Å²) < 4.78 is 5.76. The third-order valence-electron chi connectivity index (χ3n) is 5.46. The molecular formula is C24H25ClN2O2. The van der Waals surface area contributed by atoms with Crippen LogP contribution in [0.25, 0.3) is 10.8 Å². The molecule has 1 aliphatic heterocycles. The summed E-state index contributed by atoms with van der Waals surface area (Å²) in [5.74, 6) is 1.25. The fourth-order valence-corrected chi connectivity index (χ4v) is 4.05. The Morgan fingerprint density at radius 2 is 1.86 bits per heavy atom. The van der Waals surface area contributed by atoms with Crippen LogP contribution in [0.2, 0.25) is 5.02 Å². The molecule has 4 nitrogen and oxygen atoms in total. The zero-order valence-corrected chi connectivity index (χ0v) is 17.3. The molecule has 0 atom stereocenters. The number of amides is 1. The molecule has 5 heteroatoms. The van der Waals surface area contributed by atoms with Crippen LogP contribution in [0.5, 0.6) is 5.75 Å². The minimum absolute atomic E-state index is 0.0581. The van der Waals surface area contributed by atoms with Crippen molar-refractivity contribution >= 4 is 39.7 Å². The van der Waals surface area contributed by atoms with E-state index in [0.29, 0.717) is 16.5 Å². The Morgan fingerprint density at radius 3 is 2.66 bits per heavy atom. The molecule has 150 valence electrons.